The van der Waals surface area contributed by atoms with Gasteiger partial charge in [0, 0.05) is 18.1 Å². The van der Waals surface area contributed by atoms with E-state index in [1.54, 1.807) is 13.0 Å². The van der Waals surface area contributed by atoms with Gasteiger partial charge in [-0.1, -0.05) is 76.6 Å². The van der Waals surface area contributed by atoms with E-state index < -0.39 is 6.04 Å². The van der Waals surface area contributed by atoms with Crippen LogP contribution in [0.3, 0.4) is 0 Å². The smallest absolute Gasteiger partial charge is 0.261 e. The molecule has 1 atom stereocenters. The molecular formula is C26H35ClN2O3. The highest BCUT2D eigenvalue weighted by Gasteiger charge is 2.27. The third kappa shape index (κ3) is 7.56. The zero-order chi connectivity index (χ0) is 23.9. The van der Waals surface area contributed by atoms with Crippen LogP contribution in [0.5, 0.6) is 5.75 Å². The molecule has 0 saturated heterocycles. The van der Waals surface area contributed by atoms with Crippen LogP contribution in [0.1, 0.15) is 52.7 Å². The molecule has 0 radical (unpaired) electrons. The minimum Gasteiger partial charge on any atom is -0.484 e. The summed E-state index contributed by atoms with van der Waals surface area (Å²) in [6.45, 7) is 12.8. The Labute approximate surface area is 197 Å². The molecule has 0 saturated carbocycles. The Morgan fingerprint density at radius 2 is 1.66 bits per heavy atom. The molecule has 0 bridgehead atoms. The normalized spacial score (nSPS) is 12.4. The van der Waals surface area contributed by atoms with Gasteiger partial charge in [-0.25, -0.2) is 0 Å². The van der Waals surface area contributed by atoms with Gasteiger partial charge in [-0.2, -0.15) is 0 Å². The summed E-state index contributed by atoms with van der Waals surface area (Å²) >= 11 is 6.31. The van der Waals surface area contributed by atoms with Crippen LogP contribution < -0.4 is 10.1 Å². The Hall–Kier alpha value is -2.53. The number of amides is 2. The van der Waals surface area contributed by atoms with Crippen molar-refractivity contribution < 1.29 is 14.3 Å². The van der Waals surface area contributed by atoms with Crippen molar-refractivity contribution in [3.05, 3.63) is 64.7 Å². The van der Waals surface area contributed by atoms with E-state index in [0.29, 0.717) is 23.2 Å². The fraction of sp³-hybridized carbons (Fsp3) is 0.462. The van der Waals surface area contributed by atoms with Gasteiger partial charge >= 0.3 is 0 Å². The van der Waals surface area contributed by atoms with E-state index in [9.17, 15) is 9.59 Å². The minimum absolute atomic E-state index is 0.0406. The van der Waals surface area contributed by atoms with E-state index in [2.05, 4.69) is 26.1 Å². The summed E-state index contributed by atoms with van der Waals surface area (Å²) in [4.78, 5) is 27.3. The summed E-state index contributed by atoms with van der Waals surface area (Å²) < 4.78 is 5.76. The lowest BCUT2D eigenvalue weighted by Gasteiger charge is -2.29. The minimum atomic E-state index is -0.663. The molecule has 2 aromatic carbocycles. The Morgan fingerprint density at radius 3 is 2.22 bits per heavy atom. The topological polar surface area (TPSA) is 58.6 Å². The van der Waals surface area contributed by atoms with Gasteiger partial charge in [0.2, 0.25) is 5.91 Å². The standard InChI is InChI=1S/C26H35ClN2O3/c1-18(2)15-28-25(31)19(3)29(16-20-9-7-8-10-23(20)27)24(30)17-32-22-13-11-21(12-14-22)26(4,5)6/h7-14,18-19H,15-17H2,1-6H3,(H,28,31)/t19-/m1/s1. The zero-order valence-corrected chi connectivity index (χ0v) is 20.7. The van der Waals surface area contributed by atoms with E-state index in [1.807, 2.05) is 56.3 Å². The number of ether oxygens (including phenoxy) is 1. The second-order valence-electron chi connectivity index (χ2n) is 9.49. The van der Waals surface area contributed by atoms with Crippen molar-refractivity contribution in [1.29, 1.82) is 0 Å². The first kappa shape index (κ1) is 25.7. The number of hydrogen-bond acceptors (Lipinski definition) is 3. The van der Waals surface area contributed by atoms with Crippen molar-refractivity contribution in [3.8, 4) is 5.75 Å². The largest absolute Gasteiger partial charge is 0.484 e. The van der Waals surface area contributed by atoms with E-state index in [1.165, 1.54) is 10.5 Å². The molecule has 0 heterocycles. The number of halogens is 1. The number of benzene rings is 2. The fourth-order valence-electron chi connectivity index (χ4n) is 3.12. The summed E-state index contributed by atoms with van der Waals surface area (Å²) in [6.07, 6.45) is 0. The average Bonchev–Trinajstić information content (AvgIpc) is 2.74. The molecule has 6 heteroatoms. The number of hydrogen-bond donors (Lipinski definition) is 1. The van der Waals surface area contributed by atoms with Crippen LogP contribution in [0.2, 0.25) is 5.02 Å². The lowest BCUT2D eigenvalue weighted by atomic mass is 9.87. The van der Waals surface area contributed by atoms with Crippen molar-refractivity contribution in [1.82, 2.24) is 10.2 Å². The van der Waals surface area contributed by atoms with Crippen LogP contribution in [0.25, 0.3) is 0 Å². The highest BCUT2D eigenvalue weighted by Crippen LogP contribution is 2.24. The molecule has 32 heavy (non-hydrogen) atoms. The second kappa shape index (κ2) is 11.4. The molecule has 1 N–H and O–H groups in total. The van der Waals surface area contributed by atoms with E-state index in [4.69, 9.17) is 16.3 Å². The fourth-order valence-corrected chi connectivity index (χ4v) is 3.32. The van der Waals surface area contributed by atoms with Gasteiger partial charge in [0.25, 0.3) is 5.91 Å². The molecule has 2 aromatic rings. The summed E-state index contributed by atoms with van der Waals surface area (Å²) in [5.41, 5.74) is 2.01. The van der Waals surface area contributed by atoms with Gasteiger partial charge in [-0.15, -0.1) is 0 Å². The molecule has 0 aromatic heterocycles. The highest BCUT2D eigenvalue weighted by molar-refractivity contribution is 6.31. The third-order valence-corrected chi connectivity index (χ3v) is 5.60. The van der Waals surface area contributed by atoms with Gasteiger partial charge in [0.1, 0.15) is 11.8 Å². The van der Waals surface area contributed by atoms with Crippen molar-refractivity contribution in [2.75, 3.05) is 13.2 Å². The number of carbonyl (C=O) groups excluding carboxylic acids is 2. The second-order valence-corrected chi connectivity index (χ2v) is 9.90. The Morgan fingerprint density at radius 1 is 1.03 bits per heavy atom. The first-order chi connectivity index (χ1) is 15.0. The van der Waals surface area contributed by atoms with E-state index in [-0.39, 0.29) is 30.4 Å². The molecule has 5 nitrogen and oxygen atoms in total. The molecule has 0 spiro atoms. The van der Waals surface area contributed by atoms with Gasteiger partial charge in [0.15, 0.2) is 6.61 Å². The van der Waals surface area contributed by atoms with Crippen LogP contribution >= 0.6 is 11.6 Å². The Balaban J connectivity index is 2.13. The molecule has 174 valence electrons. The van der Waals surface area contributed by atoms with Gasteiger partial charge in [-0.05, 0) is 47.6 Å². The summed E-state index contributed by atoms with van der Waals surface area (Å²) in [5, 5.41) is 3.46. The number of rotatable bonds is 9. The molecule has 2 amide bonds. The van der Waals surface area contributed by atoms with Crippen molar-refractivity contribution >= 4 is 23.4 Å². The highest BCUT2D eigenvalue weighted by atomic mass is 35.5. The third-order valence-electron chi connectivity index (χ3n) is 5.23. The molecule has 0 aliphatic carbocycles. The van der Waals surface area contributed by atoms with Crippen LogP contribution in [-0.2, 0) is 21.5 Å². The molecule has 0 fully saturated rings. The van der Waals surface area contributed by atoms with Crippen LogP contribution in [0.15, 0.2) is 48.5 Å². The molecule has 0 aliphatic heterocycles. The van der Waals surface area contributed by atoms with Crippen LogP contribution in [-0.4, -0.2) is 35.9 Å². The maximum atomic E-state index is 13.1. The first-order valence-corrected chi connectivity index (χ1v) is 11.4. The Kier molecular flexibility index (Phi) is 9.14. The lowest BCUT2D eigenvalue weighted by Crippen LogP contribution is -2.49. The monoisotopic (exact) mass is 458 g/mol. The summed E-state index contributed by atoms with van der Waals surface area (Å²) in [7, 11) is 0. The van der Waals surface area contributed by atoms with Crippen LogP contribution in [0, 0.1) is 5.92 Å². The number of carbonyl (C=O) groups is 2. The molecule has 0 aliphatic rings. The van der Waals surface area contributed by atoms with Crippen molar-refractivity contribution in [2.45, 2.75) is 59.5 Å². The number of nitrogens with one attached hydrogen (secondary N) is 1. The zero-order valence-electron chi connectivity index (χ0n) is 19.9. The van der Waals surface area contributed by atoms with Gasteiger partial charge < -0.3 is 15.0 Å². The lowest BCUT2D eigenvalue weighted by molar-refractivity contribution is -0.142. The predicted octanol–water partition coefficient (Wildman–Crippen LogP) is 5.21. The van der Waals surface area contributed by atoms with Crippen molar-refractivity contribution in [3.63, 3.8) is 0 Å². The van der Waals surface area contributed by atoms with Gasteiger partial charge in [-0.3, -0.25) is 9.59 Å². The van der Waals surface area contributed by atoms with Crippen LogP contribution in [0.4, 0.5) is 0 Å². The predicted molar refractivity (Wildman–Crippen MR) is 130 cm³/mol. The molecule has 0 unspecified atom stereocenters. The van der Waals surface area contributed by atoms with Gasteiger partial charge in [0.05, 0.1) is 0 Å². The first-order valence-electron chi connectivity index (χ1n) is 11.0. The van der Waals surface area contributed by atoms with Crippen molar-refractivity contribution in [2.24, 2.45) is 5.92 Å². The summed E-state index contributed by atoms with van der Waals surface area (Å²) in [5.74, 6) is 0.449. The maximum absolute atomic E-state index is 13.1. The number of nitrogens with zero attached hydrogens (tertiary/aromatic N) is 1. The Bertz CT molecular complexity index is 904. The SMILES string of the molecule is CC(C)CNC(=O)[C@@H](C)N(Cc1ccccc1Cl)C(=O)COc1ccc(C(C)(C)C)cc1. The molecule has 2 rings (SSSR count). The summed E-state index contributed by atoms with van der Waals surface area (Å²) in [6, 6.07) is 14.4. The van der Waals surface area contributed by atoms with E-state index >= 15 is 0 Å². The quantitative estimate of drug-likeness (QED) is 0.561. The average molecular weight is 459 g/mol. The maximum Gasteiger partial charge on any atom is 0.261 e. The van der Waals surface area contributed by atoms with E-state index in [0.717, 1.165) is 5.56 Å². The molecular weight excluding hydrogens is 424 g/mol.